The molecule has 2 aromatic carbocycles. The van der Waals surface area contributed by atoms with E-state index in [1.807, 2.05) is 35.2 Å². The maximum atomic E-state index is 12.5. The fourth-order valence-corrected chi connectivity index (χ4v) is 3.37. The van der Waals surface area contributed by atoms with Gasteiger partial charge >= 0.3 is 0 Å². The number of hydrogen-bond donors (Lipinski definition) is 1. The highest BCUT2D eigenvalue weighted by molar-refractivity contribution is 5.85. The van der Waals surface area contributed by atoms with Crippen LogP contribution in [0, 0.1) is 0 Å². The van der Waals surface area contributed by atoms with E-state index in [1.54, 1.807) is 19.2 Å². The lowest BCUT2D eigenvalue weighted by molar-refractivity contribution is -0.133. The lowest BCUT2D eigenvalue weighted by Gasteiger charge is -2.22. The number of amides is 2. The first kappa shape index (κ1) is 21.6. The molecule has 30 heavy (non-hydrogen) atoms. The summed E-state index contributed by atoms with van der Waals surface area (Å²) in [5.41, 5.74) is 1.22. The molecule has 1 N–H and O–H groups in total. The van der Waals surface area contributed by atoms with Gasteiger partial charge in [0.05, 0.1) is 13.7 Å². The van der Waals surface area contributed by atoms with Crippen molar-refractivity contribution in [3.8, 4) is 11.5 Å². The third-order valence-corrected chi connectivity index (χ3v) is 5.06. The number of ether oxygens (including phenoxy) is 2. The van der Waals surface area contributed by atoms with E-state index in [-0.39, 0.29) is 25.0 Å². The third kappa shape index (κ3) is 6.77. The monoisotopic (exact) mass is 411 g/mol. The molecule has 1 heterocycles. The van der Waals surface area contributed by atoms with Crippen molar-refractivity contribution in [2.45, 2.75) is 13.0 Å². The van der Waals surface area contributed by atoms with E-state index in [4.69, 9.17) is 9.47 Å². The van der Waals surface area contributed by atoms with Crippen molar-refractivity contribution in [2.24, 2.45) is 0 Å². The van der Waals surface area contributed by atoms with Crippen molar-refractivity contribution in [3.63, 3.8) is 0 Å². The molecule has 0 aliphatic carbocycles. The van der Waals surface area contributed by atoms with Crippen LogP contribution in [0.4, 0.5) is 0 Å². The van der Waals surface area contributed by atoms with Crippen molar-refractivity contribution in [2.75, 3.05) is 46.4 Å². The Balaban J connectivity index is 1.38. The Kier molecular flexibility index (Phi) is 8.09. The molecule has 7 nitrogen and oxygen atoms in total. The summed E-state index contributed by atoms with van der Waals surface area (Å²) < 4.78 is 10.6. The molecule has 1 saturated heterocycles. The minimum Gasteiger partial charge on any atom is -0.497 e. The van der Waals surface area contributed by atoms with Crippen LogP contribution in [0.2, 0.25) is 0 Å². The Morgan fingerprint density at radius 3 is 2.43 bits per heavy atom. The SMILES string of the molecule is COc1ccc(CN2CCCN(C(=O)CNC(=O)COc3ccccc3)CC2)cc1. The minimum absolute atomic E-state index is 0.00450. The number of carbonyl (C=O) groups is 2. The smallest absolute Gasteiger partial charge is 0.258 e. The summed E-state index contributed by atoms with van der Waals surface area (Å²) in [5.74, 6) is 1.11. The van der Waals surface area contributed by atoms with E-state index < -0.39 is 0 Å². The second kappa shape index (κ2) is 11.2. The molecule has 1 aliphatic heterocycles. The van der Waals surface area contributed by atoms with Gasteiger partial charge in [-0.05, 0) is 36.2 Å². The second-order valence-corrected chi connectivity index (χ2v) is 7.24. The molecule has 0 bridgehead atoms. The van der Waals surface area contributed by atoms with Gasteiger partial charge in [-0.1, -0.05) is 30.3 Å². The van der Waals surface area contributed by atoms with Crippen LogP contribution in [0.1, 0.15) is 12.0 Å². The van der Waals surface area contributed by atoms with Crippen LogP contribution < -0.4 is 14.8 Å². The highest BCUT2D eigenvalue weighted by Gasteiger charge is 2.19. The summed E-state index contributed by atoms with van der Waals surface area (Å²) in [4.78, 5) is 28.6. The molecule has 7 heteroatoms. The molecule has 1 fully saturated rings. The Morgan fingerprint density at radius 2 is 1.70 bits per heavy atom. The number of carbonyl (C=O) groups excluding carboxylic acids is 2. The molecule has 2 aromatic rings. The zero-order chi connectivity index (χ0) is 21.2. The number of nitrogens with zero attached hydrogens (tertiary/aromatic N) is 2. The standard InChI is InChI=1S/C23H29N3O4/c1-29-20-10-8-19(9-11-20)17-25-12-5-13-26(15-14-25)23(28)16-24-22(27)18-30-21-6-3-2-4-7-21/h2-4,6-11H,5,12-18H2,1H3,(H,24,27). The second-order valence-electron chi connectivity index (χ2n) is 7.24. The quantitative estimate of drug-likeness (QED) is 0.719. The molecule has 0 spiro atoms. The number of para-hydroxylation sites is 1. The molecular weight excluding hydrogens is 382 g/mol. The summed E-state index contributed by atoms with van der Waals surface area (Å²) in [6.07, 6.45) is 0.910. The first-order valence-corrected chi connectivity index (χ1v) is 10.2. The van der Waals surface area contributed by atoms with Gasteiger partial charge < -0.3 is 19.7 Å². The van der Waals surface area contributed by atoms with E-state index in [1.165, 1.54) is 5.56 Å². The highest BCUT2D eigenvalue weighted by atomic mass is 16.5. The Labute approximate surface area is 177 Å². The van der Waals surface area contributed by atoms with Crippen molar-refractivity contribution in [1.29, 1.82) is 0 Å². The predicted octanol–water partition coefficient (Wildman–Crippen LogP) is 1.92. The van der Waals surface area contributed by atoms with E-state index >= 15 is 0 Å². The average molecular weight is 412 g/mol. The number of benzene rings is 2. The first-order chi connectivity index (χ1) is 14.6. The minimum atomic E-state index is -0.303. The van der Waals surface area contributed by atoms with Crippen molar-refractivity contribution < 1.29 is 19.1 Å². The lowest BCUT2D eigenvalue weighted by Crippen LogP contribution is -2.43. The Hall–Kier alpha value is -3.06. The van der Waals surface area contributed by atoms with E-state index in [9.17, 15) is 9.59 Å². The maximum absolute atomic E-state index is 12.5. The number of hydrogen-bond acceptors (Lipinski definition) is 5. The van der Waals surface area contributed by atoms with E-state index in [0.717, 1.165) is 31.8 Å². The summed E-state index contributed by atoms with van der Waals surface area (Å²) in [5, 5.41) is 2.65. The number of rotatable bonds is 8. The van der Waals surface area contributed by atoms with Gasteiger partial charge in [0.2, 0.25) is 5.91 Å². The molecule has 2 amide bonds. The molecule has 1 aliphatic rings. The topological polar surface area (TPSA) is 71.1 Å². The molecule has 0 radical (unpaired) electrons. The first-order valence-electron chi connectivity index (χ1n) is 10.2. The molecule has 3 rings (SSSR count). The Bertz CT molecular complexity index is 811. The van der Waals surface area contributed by atoms with Gasteiger partial charge in [0.15, 0.2) is 6.61 Å². The molecule has 0 unspecified atom stereocenters. The van der Waals surface area contributed by atoms with Crippen molar-refractivity contribution in [3.05, 3.63) is 60.2 Å². The molecule has 0 saturated carbocycles. The third-order valence-electron chi connectivity index (χ3n) is 5.06. The van der Waals surface area contributed by atoms with Crippen LogP contribution in [0.25, 0.3) is 0 Å². The highest BCUT2D eigenvalue weighted by Crippen LogP contribution is 2.14. The van der Waals surface area contributed by atoms with Gasteiger partial charge in [-0.25, -0.2) is 0 Å². The average Bonchev–Trinajstić information content (AvgIpc) is 3.03. The molecule has 0 aromatic heterocycles. The summed E-state index contributed by atoms with van der Waals surface area (Å²) in [7, 11) is 1.66. The van der Waals surface area contributed by atoms with Gasteiger partial charge in [-0.15, -0.1) is 0 Å². The van der Waals surface area contributed by atoms with Crippen LogP contribution in [0.3, 0.4) is 0 Å². The van der Waals surface area contributed by atoms with E-state index in [0.29, 0.717) is 18.8 Å². The van der Waals surface area contributed by atoms with Gasteiger partial charge in [-0.3, -0.25) is 14.5 Å². The predicted molar refractivity (Wildman–Crippen MR) is 114 cm³/mol. The Morgan fingerprint density at radius 1 is 0.933 bits per heavy atom. The molecule has 160 valence electrons. The fraction of sp³-hybridized carbons (Fsp3) is 0.391. The normalized spacial score (nSPS) is 14.6. The largest absolute Gasteiger partial charge is 0.497 e. The number of nitrogens with one attached hydrogen (secondary N) is 1. The summed E-state index contributed by atoms with van der Waals surface area (Å²) >= 11 is 0. The fourth-order valence-electron chi connectivity index (χ4n) is 3.37. The van der Waals surface area contributed by atoms with Gasteiger partial charge in [0.25, 0.3) is 5.91 Å². The number of methoxy groups -OCH3 is 1. The van der Waals surface area contributed by atoms with Crippen LogP contribution in [0.5, 0.6) is 11.5 Å². The zero-order valence-corrected chi connectivity index (χ0v) is 17.4. The molecular formula is C23H29N3O4. The van der Waals surface area contributed by atoms with Crippen molar-refractivity contribution in [1.82, 2.24) is 15.1 Å². The van der Waals surface area contributed by atoms with Crippen molar-refractivity contribution >= 4 is 11.8 Å². The van der Waals surface area contributed by atoms with Crippen LogP contribution >= 0.6 is 0 Å². The zero-order valence-electron chi connectivity index (χ0n) is 17.4. The van der Waals surface area contributed by atoms with E-state index in [2.05, 4.69) is 22.3 Å². The van der Waals surface area contributed by atoms with Crippen LogP contribution in [0.15, 0.2) is 54.6 Å². The summed E-state index contributed by atoms with van der Waals surface area (Å²) in [6.45, 7) is 3.84. The lowest BCUT2D eigenvalue weighted by atomic mass is 10.2. The summed E-state index contributed by atoms with van der Waals surface area (Å²) in [6, 6.07) is 17.2. The van der Waals surface area contributed by atoms with Gasteiger partial charge in [-0.2, -0.15) is 0 Å². The van der Waals surface area contributed by atoms with Crippen LogP contribution in [-0.4, -0.2) is 68.1 Å². The maximum Gasteiger partial charge on any atom is 0.258 e. The van der Waals surface area contributed by atoms with Gasteiger partial charge in [0, 0.05) is 32.7 Å². The molecule has 0 atom stereocenters. The van der Waals surface area contributed by atoms with Gasteiger partial charge in [0.1, 0.15) is 11.5 Å². The van der Waals surface area contributed by atoms with Crippen LogP contribution in [-0.2, 0) is 16.1 Å².